The summed E-state index contributed by atoms with van der Waals surface area (Å²) in [6.07, 6.45) is 1.37. The van der Waals surface area contributed by atoms with Crippen LogP contribution in [0.5, 0.6) is 11.5 Å². The van der Waals surface area contributed by atoms with Crippen LogP contribution in [0.1, 0.15) is 5.56 Å². The molecule has 0 aliphatic heterocycles. The maximum Gasteiger partial charge on any atom is 0.271 e. The van der Waals surface area contributed by atoms with Crippen molar-refractivity contribution in [3.8, 4) is 17.6 Å². The van der Waals surface area contributed by atoms with Crippen molar-refractivity contribution in [3.63, 3.8) is 0 Å². The Morgan fingerprint density at radius 3 is 2.31 bits per heavy atom. The van der Waals surface area contributed by atoms with Crippen LogP contribution < -0.4 is 20.1 Å². The van der Waals surface area contributed by atoms with E-state index in [1.54, 1.807) is 55.6 Å². The third-order valence-electron chi connectivity index (χ3n) is 4.61. The predicted octanol–water partition coefficient (Wildman–Crippen LogP) is 4.17. The summed E-state index contributed by atoms with van der Waals surface area (Å²) in [6, 6.07) is 20.5. The standard InChI is InChI=1S/C25H20N4O6/c1-34-22-11-7-19(8-12-22)27-24(30)16-35-23-9-5-17(6-10-23)13-18(15-26)25(31)28-20-3-2-4-21(14-20)29(32)33/h2-14H,16H2,1H3,(H,27,30)(H,28,31)/b18-13-. The predicted molar refractivity (Wildman–Crippen MR) is 129 cm³/mol. The molecule has 0 spiro atoms. The van der Waals surface area contributed by atoms with Crippen LogP contribution in [-0.2, 0) is 9.59 Å². The zero-order valence-corrected chi connectivity index (χ0v) is 18.6. The lowest BCUT2D eigenvalue weighted by Gasteiger charge is -2.08. The number of carbonyl (C=O) groups excluding carboxylic acids is 2. The minimum absolute atomic E-state index is 0.182. The average molecular weight is 472 g/mol. The van der Waals surface area contributed by atoms with Gasteiger partial charge in [-0.1, -0.05) is 18.2 Å². The zero-order chi connectivity index (χ0) is 25.2. The van der Waals surface area contributed by atoms with Crippen molar-refractivity contribution in [2.24, 2.45) is 0 Å². The van der Waals surface area contributed by atoms with Crippen molar-refractivity contribution in [3.05, 3.63) is 94.0 Å². The second-order valence-corrected chi connectivity index (χ2v) is 7.07. The van der Waals surface area contributed by atoms with Gasteiger partial charge in [0.25, 0.3) is 17.5 Å². The highest BCUT2D eigenvalue weighted by Gasteiger charge is 2.12. The van der Waals surface area contributed by atoms with Gasteiger partial charge in [0.05, 0.1) is 12.0 Å². The van der Waals surface area contributed by atoms with Gasteiger partial charge in [0.15, 0.2) is 6.61 Å². The second kappa shape index (κ2) is 11.6. The number of nitro groups is 1. The molecular weight excluding hydrogens is 452 g/mol. The number of carbonyl (C=O) groups is 2. The minimum atomic E-state index is -0.705. The average Bonchev–Trinajstić information content (AvgIpc) is 2.87. The molecule has 0 unspecified atom stereocenters. The van der Waals surface area contributed by atoms with Gasteiger partial charge < -0.3 is 20.1 Å². The van der Waals surface area contributed by atoms with E-state index in [0.717, 1.165) is 0 Å². The lowest BCUT2D eigenvalue weighted by molar-refractivity contribution is -0.384. The van der Waals surface area contributed by atoms with E-state index in [-0.39, 0.29) is 29.5 Å². The number of amides is 2. The highest BCUT2D eigenvalue weighted by atomic mass is 16.6. The van der Waals surface area contributed by atoms with Crippen molar-refractivity contribution in [2.75, 3.05) is 24.4 Å². The molecule has 0 bridgehead atoms. The van der Waals surface area contributed by atoms with Crippen LogP contribution in [0.15, 0.2) is 78.4 Å². The third-order valence-corrected chi connectivity index (χ3v) is 4.61. The first-order valence-corrected chi connectivity index (χ1v) is 10.2. The van der Waals surface area contributed by atoms with Crippen LogP contribution in [0.2, 0.25) is 0 Å². The van der Waals surface area contributed by atoms with E-state index in [1.165, 1.54) is 30.3 Å². The number of non-ortho nitro benzene ring substituents is 1. The molecule has 176 valence electrons. The molecule has 2 amide bonds. The molecule has 0 aliphatic rings. The van der Waals surface area contributed by atoms with Crippen LogP contribution in [0.4, 0.5) is 17.1 Å². The van der Waals surface area contributed by atoms with E-state index >= 15 is 0 Å². The van der Waals surface area contributed by atoms with Crippen molar-refractivity contribution in [1.82, 2.24) is 0 Å². The zero-order valence-electron chi connectivity index (χ0n) is 18.6. The number of anilines is 2. The van der Waals surface area contributed by atoms with Gasteiger partial charge in [-0.2, -0.15) is 5.26 Å². The van der Waals surface area contributed by atoms with E-state index in [9.17, 15) is 25.0 Å². The van der Waals surface area contributed by atoms with Crippen LogP contribution in [-0.4, -0.2) is 30.5 Å². The number of rotatable bonds is 9. The molecule has 0 saturated carbocycles. The molecule has 0 aliphatic carbocycles. The molecule has 2 N–H and O–H groups in total. The molecule has 0 saturated heterocycles. The lowest BCUT2D eigenvalue weighted by atomic mass is 10.1. The van der Waals surface area contributed by atoms with Crippen molar-refractivity contribution in [2.45, 2.75) is 0 Å². The Bertz CT molecular complexity index is 1290. The summed E-state index contributed by atoms with van der Waals surface area (Å²) in [5.74, 6) is 0.0494. The number of nitrogens with zero attached hydrogens (tertiary/aromatic N) is 2. The number of ether oxygens (including phenoxy) is 2. The Morgan fingerprint density at radius 1 is 1.00 bits per heavy atom. The highest BCUT2D eigenvalue weighted by Crippen LogP contribution is 2.19. The minimum Gasteiger partial charge on any atom is -0.497 e. The van der Waals surface area contributed by atoms with Crippen LogP contribution in [0.3, 0.4) is 0 Å². The summed E-state index contributed by atoms with van der Waals surface area (Å²) < 4.78 is 10.5. The second-order valence-electron chi connectivity index (χ2n) is 7.07. The van der Waals surface area contributed by atoms with Crippen LogP contribution >= 0.6 is 0 Å². The van der Waals surface area contributed by atoms with Gasteiger partial charge in [-0.25, -0.2) is 0 Å². The molecule has 0 radical (unpaired) electrons. The van der Waals surface area contributed by atoms with Gasteiger partial charge in [-0.3, -0.25) is 19.7 Å². The Balaban J connectivity index is 1.57. The largest absolute Gasteiger partial charge is 0.497 e. The molecule has 10 heteroatoms. The smallest absolute Gasteiger partial charge is 0.271 e. The molecule has 0 heterocycles. The lowest BCUT2D eigenvalue weighted by Crippen LogP contribution is -2.20. The Morgan fingerprint density at radius 2 is 1.69 bits per heavy atom. The van der Waals surface area contributed by atoms with E-state index in [4.69, 9.17) is 9.47 Å². The summed E-state index contributed by atoms with van der Waals surface area (Å²) in [5.41, 5.74) is 0.975. The maximum atomic E-state index is 12.4. The first-order valence-electron chi connectivity index (χ1n) is 10.2. The van der Waals surface area contributed by atoms with Crippen LogP contribution in [0, 0.1) is 21.4 Å². The highest BCUT2D eigenvalue weighted by molar-refractivity contribution is 6.09. The van der Waals surface area contributed by atoms with E-state index < -0.39 is 10.8 Å². The Hall–Kier alpha value is -5.17. The molecule has 3 aromatic carbocycles. The molecule has 10 nitrogen and oxygen atoms in total. The molecule has 3 rings (SSSR count). The monoisotopic (exact) mass is 472 g/mol. The quantitative estimate of drug-likeness (QED) is 0.206. The first-order chi connectivity index (χ1) is 16.9. The van der Waals surface area contributed by atoms with Gasteiger partial charge in [0.1, 0.15) is 23.1 Å². The fourth-order valence-electron chi connectivity index (χ4n) is 2.89. The third kappa shape index (κ3) is 7.16. The molecule has 35 heavy (non-hydrogen) atoms. The SMILES string of the molecule is COc1ccc(NC(=O)COc2ccc(/C=C(/C#N)C(=O)Nc3cccc([N+](=O)[O-])c3)cc2)cc1. The molecule has 3 aromatic rings. The van der Waals surface area contributed by atoms with Crippen LogP contribution in [0.25, 0.3) is 6.08 Å². The topological polar surface area (TPSA) is 144 Å². The molecule has 0 atom stereocenters. The first kappa shape index (κ1) is 24.5. The van der Waals surface area contributed by atoms with Crippen molar-refractivity contribution < 1.29 is 24.0 Å². The molecule has 0 aromatic heterocycles. The van der Waals surface area contributed by atoms with E-state index in [0.29, 0.717) is 22.7 Å². The summed E-state index contributed by atoms with van der Waals surface area (Å²) in [6.45, 7) is -0.212. The number of hydrogen-bond acceptors (Lipinski definition) is 7. The number of hydrogen-bond donors (Lipinski definition) is 2. The Kier molecular flexibility index (Phi) is 8.13. The fourth-order valence-corrected chi connectivity index (χ4v) is 2.89. The van der Waals surface area contributed by atoms with E-state index in [1.807, 2.05) is 6.07 Å². The normalized spacial score (nSPS) is 10.6. The molecule has 0 fully saturated rings. The van der Waals surface area contributed by atoms with Gasteiger partial charge >= 0.3 is 0 Å². The Labute approximate surface area is 200 Å². The summed E-state index contributed by atoms with van der Waals surface area (Å²) in [4.78, 5) is 34.8. The summed E-state index contributed by atoms with van der Waals surface area (Å²) in [5, 5.41) is 25.4. The van der Waals surface area contributed by atoms with Gasteiger partial charge in [0.2, 0.25) is 0 Å². The number of benzene rings is 3. The van der Waals surface area contributed by atoms with Crippen molar-refractivity contribution in [1.29, 1.82) is 5.26 Å². The van der Waals surface area contributed by atoms with Gasteiger partial charge in [0, 0.05) is 23.5 Å². The number of methoxy groups -OCH3 is 1. The van der Waals surface area contributed by atoms with Gasteiger partial charge in [-0.05, 0) is 54.1 Å². The maximum absolute atomic E-state index is 12.4. The van der Waals surface area contributed by atoms with Gasteiger partial charge in [-0.15, -0.1) is 0 Å². The number of nitriles is 1. The summed E-state index contributed by atoms with van der Waals surface area (Å²) in [7, 11) is 1.55. The van der Waals surface area contributed by atoms with Crippen molar-refractivity contribution >= 4 is 35.0 Å². The summed E-state index contributed by atoms with van der Waals surface area (Å²) >= 11 is 0. The number of nitro benzene ring substituents is 1. The van der Waals surface area contributed by atoms with E-state index in [2.05, 4.69) is 10.6 Å². The number of nitrogens with one attached hydrogen (secondary N) is 2. The molecular formula is C25H20N4O6. The fraction of sp³-hybridized carbons (Fsp3) is 0.0800.